The molecule has 0 spiro atoms. The standard InChI is InChI=1S/C13H14N4O2/c1-10-4-5-12(17(18)19)13(16-10)15-8-6-11-3-2-7-14-9-11/h2-5,7,9H,6,8H2,1H3,(H,15,16). The van der Waals surface area contributed by atoms with E-state index >= 15 is 0 Å². The molecule has 19 heavy (non-hydrogen) atoms. The quantitative estimate of drug-likeness (QED) is 0.657. The van der Waals surface area contributed by atoms with Crippen molar-refractivity contribution in [3.8, 4) is 0 Å². The number of nitro groups is 1. The fourth-order valence-electron chi connectivity index (χ4n) is 1.70. The van der Waals surface area contributed by atoms with Crippen LogP contribution in [-0.2, 0) is 6.42 Å². The fourth-order valence-corrected chi connectivity index (χ4v) is 1.70. The summed E-state index contributed by atoms with van der Waals surface area (Å²) in [6, 6.07) is 6.93. The van der Waals surface area contributed by atoms with Crippen LogP contribution in [0.25, 0.3) is 0 Å². The topological polar surface area (TPSA) is 81.0 Å². The van der Waals surface area contributed by atoms with Crippen LogP contribution >= 0.6 is 0 Å². The third kappa shape index (κ3) is 3.48. The van der Waals surface area contributed by atoms with Crippen molar-refractivity contribution in [2.45, 2.75) is 13.3 Å². The number of aryl methyl sites for hydroxylation is 1. The van der Waals surface area contributed by atoms with Crippen LogP contribution in [-0.4, -0.2) is 21.4 Å². The molecule has 1 N–H and O–H groups in total. The van der Waals surface area contributed by atoms with Crippen molar-refractivity contribution in [1.82, 2.24) is 9.97 Å². The van der Waals surface area contributed by atoms with Crippen LogP contribution in [0.3, 0.4) is 0 Å². The Balaban J connectivity index is 2.03. The van der Waals surface area contributed by atoms with E-state index in [-0.39, 0.29) is 5.69 Å². The molecule has 2 aromatic rings. The number of pyridine rings is 2. The molecule has 0 fully saturated rings. The van der Waals surface area contributed by atoms with Gasteiger partial charge in [-0.1, -0.05) is 6.07 Å². The van der Waals surface area contributed by atoms with Gasteiger partial charge in [0.15, 0.2) is 0 Å². The van der Waals surface area contributed by atoms with Crippen molar-refractivity contribution < 1.29 is 4.92 Å². The molecule has 0 amide bonds. The van der Waals surface area contributed by atoms with Crippen LogP contribution in [0.5, 0.6) is 0 Å². The minimum absolute atomic E-state index is 0.00298. The first-order valence-electron chi connectivity index (χ1n) is 5.91. The predicted octanol–water partition coefficient (Wildman–Crippen LogP) is 2.35. The van der Waals surface area contributed by atoms with Gasteiger partial charge in [0.1, 0.15) is 0 Å². The van der Waals surface area contributed by atoms with Gasteiger partial charge in [-0.15, -0.1) is 0 Å². The van der Waals surface area contributed by atoms with Gasteiger partial charge in [-0.25, -0.2) is 4.98 Å². The Morgan fingerprint density at radius 1 is 1.37 bits per heavy atom. The number of nitrogens with one attached hydrogen (secondary N) is 1. The summed E-state index contributed by atoms with van der Waals surface area (Å²) in [7, 11) is 0. The van der Waals surface area contributed by atoms with E-state index in [1.165, 1.54) is 6.07 Å². The van der Waals surface area contributed by atoms with Crippen molar-refractivity contribution >= 4 is 11.5 Å². The Bertz CT molecular complexity index is 572. The van der Waals surface area contributed by atoms with Crippen molar-refractivity contribution in [3.63, 3.8) is 0 Å². The summed E-state index contributed by atoms with van der Waals surface area (Å²) in [5.41, 5.74) is 1.82. The molecule has 0 bridgehead atoms. The smallest absolute Gasteiger partial charge is 0.311 e. The molecule has 0 radical (unpaired) electrons. The first-order valence-corrected chi connectivity index (χ1v) is 5.91. The zero-order valence-electron chi connectivity index (χ0n) is 10.5. The van der Waals surface area contributed by atoms with Gasteiger partial charge in [0.25, 0.3) is 0 Å². The third-order valence-electron chi connectivity index (χ3n) is 2.64. The molecule has 0 saturated carbocycles. The monoisotopic (exact) mass is 258 g/mol. The molecule has 0 saturated heterocycles. The molecule has 0 aliphatic carbocycles. The van der Waals surface area contributed by atoms with E-state index in [4.69, 9.17) is 0 Å². The first kappa shape index (κ1) is 12.9. The summed E-state index contributed by atoms with van der Waals surface area (Å²) in [5.74, 6) is 0.314. The molecule has 0 unspecified atom stereocenters. The summed E-state index contributed by atoms with van der Waals surface area (Å²) in [5, 5.41) is 13.9. The van der Waals surface area contributed by atoms with Gasteiger partial charge in [0.2, 0.25) is 5.82 Å². The highest BCUT2D eigenvalue weighted by Crippen LogP contribution is 2.21. The van der Waals surface area contributed by atoms with E-state index in [1.54, 1.807) is 25.4 Å². The largest absolute Gasteiger partial charge is 0.364 e. The van der Waals surface area contributed by atoms with Crippen LogP contribution in [0.1, 0.15) is 11.3 Å². The maximum Gasteiger partial charge on any atom is 0.311 e. The summed E-state index contributed by atoms with van der Waals surface area (Å²) in [6.07, 6.45) is 4.23. The Kier molecular flexibility index (Phi) is 4.02. The molecule has 0 aliphatic heterocycles. The molecule has 0 atom stereocenters. The van der Waals surface area contributed by atoms with Crippen molar-refractivity contribution in [2.24, 2.45) is 0 Å². The molecule has 6 heteroatoms. The van der Waals surface area contributed by atoms with Gasteiger partial charge in [0.05, 0.1) is 4.92 Å². The van der Waals surface area contributed by atoms with Gasteiger partial charge in [0, 0.05) is 30.7 Å². The van der Waals surface area contributed by atoms with Gasteiger partial charge < -0.3 is 5.32 Å². The van der Waals surface area contributed by atoms with E-state index in [2.05, 4.69) is 15.3 Å². The number of nitrogens with zero attached hydrogens (tertiary/aromatic N) is 3. The van der Waals surface area contributed by atoms with Gasteiger partial charge in [-0.3, -0.25) is 15.1 Å². The predicted molar refractivity (Wildman–Crippen MR) is 72.1 cm³/mol. The highest BCUT2D eigenvalue weighted by atomic mass is 16.6. The maximum atomic E-state index is 10.9. The molecule has 2 aromatic heterocycles. The van der Waals surface area contributed by atoms with Crippen LogP contribution in [0.4, 0.5) is 11.5 Å². The normalized spacial score (nSPS) is 10.2. The Hall–Kier alpha value is -2.50. The Morgan fingerprint density at radius 2 is 2.21 bits per heavy atom. The average molecular weight is 258 g/mol. The number of aromatic nitrogens is 2. The minimum Gasteiger partial charge on any atom is -0.364 e. The highest BCUT2D eigenvalue weighted by Gasteiger charge is 2.14. The minimum atomic E-state index is -0.432. The van der Waals surface area contributed by atoms with E-state index < -0.39 is 4.92 Å². The first-order chi connectivity index (χ1) is 9.16. The average Bonchev–Trinajstić information content (AvgIpc) is 2.39. The number of hydrogen-bond donors (Lipinski definition) is 1. The summed E-state index contributed by atoms with van der Waals surface area (Å²) in [6.45, 7) is 2.37. The lowest BCUT2D eigenvalue weighted by molar-refractivity contribution is -0.384. The SMILES string of the molecule is Cc1ccc([N+](=O)[O-])c(NCCc2cccnc2)n1. The molecular formula is C13H14N4O2. The molecule has 0 aromatic carbocycles. The maximum absolute atomic E-state index is 10.9. The zero-order valence-corrected chi connectivity index (χ0v) is 10.5. The lowest BCUT2D eigenvalue weighted by Gasteiger charge is -2.06. The second-order valence-corrected chi connectivity index (χ2v) is 4.12. The number of hydrogen-bond acceptors (Lipinski definition) is 5. The van der Waals surface area contributed by atoms with Crippen LogP contribution in [0.15, 0.2) is 36.7 Å². The summed E-state index contributed by atoms with van der Waals surface area (Å²) < 4.78 is 0. The van der Waals surface area contributed by atoms with Crippen molar-refractivity contribution in [3.05, 3.63) is 58.0 Å². The van der Waals surface area contributed by atoms with Gasteiger partial charge in [-0.05, 0) is 31.0 Å². The molecule has 2 heterocycles. The lowest BCUT2D eigenvalue weighted by atomic mass is 10.2. The fraction of sp³-hybridized carbons (Fsp3) is 0.231. The third-order valence-corrected chi connectivity index (χ3v) is 2.64. The molecule has 6 nitrogen and oxygen atoms in total. The highest BCUT2D eigenvalue weighted by molar-refractivity contribution is 5.56. The summed E-state index contributed by atoms with van der Waals surface area (Å²) >= 11 is 0. The number of rotatable bonds is 5. The van der Waals surface area contributed by atoms with E-state index in [0.717, 1.165) is 17.7 Å². The number of anilines is 1. The Labute approximate surface area is 110 Å². The van der Waals surface area contributed by atoms with E-state index in [1.807, 2.05) is 12.1 Å². The van der Waals surface area contributed by atoms with Gasteiger partial charge in [-0.2, -0.15) is 0 Å². The lowest BCUT2D eigenvalue weighted by Crippen LogP contribution is -2.09. The molecule has 98 valence electrons. The van der Waals surface area contributed by atoms with Crippen molar-refractivity contribution in [2.75, 3.05) is 11.9 Å². The second-order valence-electron chi connectivity index (χ2n) is 4.12. The van der Waals surface area contributed by atoms with Crippen LogP contribution in [0, 0.1) is 17.0 Å². The summed E-state index contributed by atoms with van der Waals surface area (Å²) in [4.78, 5) is 18.6. The van der Waals surface area contributed by atoms with E-state index in [9.17, 15) is 10.1 Å². The van der Waals surface area contributed by atoms with Crippen molar-refractivity contribution in [1.29, 1.82) is 0 Å². The van der Waals surface area contributed by atoms with Gasteiger partial charge >= 0.3 is 5.69 Å². The van der Waals surface area contributed by atoms with Crippen LogP contribution < -0.4 is 5.32 Å². The molecule has 0 aliphatic rings. The zero-order chi connectivity index (χ0) is 13.7. The molecular weight excluding hydrogens is 244 g/mol. The van der Waals surface area contributed by atoms with Crippen LogP contribution in [0.2, 0.25) is 0 Å². The van der Waals surface area contributed by atoms with E-state index in [0.29, 0.717) is 12.4 Å². The second kappa shape index (κ2) is 5.90. The Morgan fingerprint density at radius 3 is 2.89 bits per heavy atom. The molecule has 2 rings (SSSR count).